The molecule has 1 fully saturated rings. The fourth-order valence-corrected chi connectivity index (χ4v) is 6.52. The summed E-state index contributed by atoms with van der Waals surface area (Å²) in [7, 11) is -1.99. The normalized spacial score (nSPS) is 20.0. The van der Waals surface area contributed by atoms with E-state index in [2.05, 4.69) is 14.8 Å². The molecule has 1 saturated carbocycles. The second-order valence-electron chi connectivity index (χ2n) is 10.3. The van der Waals surface area contributed by atoms with Gasteiger partial charge < -0.3 is 4.42 Å². The third kappa shape index (κ3) is 3.71. The molecule has 194 valence electrons. The summed E-state index contributed by atoms with van der Waals surface area (Å²) in [5, 5.41) is 4.22. The van der Waals surface area contributed by atoms with Gasteiger partial charge in [-0.3, -0.25) is 19.3 Å². The molecule has 12 heteroatoms. The van der Waals surface area contributed by atoms with E-state index in [1.54, 1.807) is 21.8 Å². The van der Waals surface area contributed by atoms with Crippen LogP contribution < -0.4 is 9.62 Å². The lowest BCUT2D eigenvalue weighted by atomic mass is 10.1. The van der Waals surface area contributed by atoms with Gasteiger partial charge in [-0.25, -0.2) is 23.1 Å². The number of aryl methyl sites for hydroxylation is 1. The third-order valence-corrected chi connectivity index (χ3v) is 8.90. The molecule has 2 aliphatic heterocycles. The van der Waals surface area contributed by atoms with Crippen LogP contribution >= 0.6 is 0 Å². The number of nitrogens with zero attached hydrogens (tertiary/aromatic N) is 6. The van der Waals surface area contributed by atoms with Crippen molar-refractivity contribution in [2.75, 3.05) is 11.4 Å². The van der Waals surface area contributed by atoms with Crippen molar-refractivity contribution < 1.29 is 17.6 Å². The Morgan fingerprint density at radius 1 is 1.18 bits per heavy atom. The average Bonchev–Trinajstić information content (AvgIpc) is 3.27. The van der Waals surface area contributed by atoms with Crippen molar-refractivity contribution in [2.24, 2.45) is 12.0 Å². The van der Waals surface area contributed by atoms with Gasteiger partial charge in [-0.2, -0.15) is 5.10 Å². The number of amides is 1. The second-order valence-corrected chi connectivity index (χ2v) is 12.0. The van der Waals surface area contributed by atoms with Crippen molar-refractivity contribution in [3.8, 4) is 0 Å². The maximum absolute atomic E-state index is 13.9. The first-order valence-electron chi connectivity index (χ1n) is 12.4. The van der Waals surface area contributed by atoms with Crippen molar-refractivity contribution in [3.63, 3.8) is 0 Å². The molecule has 1 atom stereocenters. The predicted octanol–water partition coefficient (Wildman–Crippen LogP) is 2.97. The van der Waals surface area contributed by atoms with Gasteiger partial charge in [-0.15, -0.1) is 0 Å². The lowest BCUT2D eigenvalue weighted by Gasteiger charge is -2.37. The van der Waals surface area contributed by atoms with Gasteiger partial charge in [-0.05, 0) is 50.1 Å². The van der Waals surface area contributed by atoms with Crippen LogP contribution in [0, 0.1) is 0 Å². The van der Waals surface area contributed by atoms with Crippen LogP contribution in [0.2, 0.25) is 0 Å². The largest absolute Gasteiger partial charge is 0.438 e. The topological polar surface area (TPSA) is 126 Å². The Morgan fingerprint density at radius 2 is 2.00 bits per heavy atom. The first-order valence-corrected chi connectivity index (χ1v) is 13.9. The van der Waals surface area contributed by atoms with Crippen molar-refractivity contribution in [1.82, 2.24) is 24.4 Å². The molecule has 0 radical (unpaired) electrons. The highest BCUT2D eigenvalue weighted by Crippen LogP contribution is 2.41. The van der Waals surface area contributed by atoms with Gasteiger partial charge in [0.05, 0.1) is 35.4 Å². The molecule has 1 aliphatic carbocycles. The van der Waals surface area contributed by atoms with Crippen molar-refractivity contribution in [3.05, 3.63) is 71.9 Å². The summed E-state index contributed by atoms with van der Waals surface area (Å²) in [6.07, 6.45) is 5.10. The first-order chi connectivity index (χ1) is 18.2. The Labute approximate surface area is 218 Å². The summed E-state index contributed by atoms with van der Waals surface area (Å²) in [6.45, 7) is 2.44. The van der Waals surface area contributed by atoms with Crippen molar-refractivity contribution in [2.45, 2.75) is 42.8 Å². The minimum absolute atomic E-state index is 0.0528. The predicted molar refractivity (Wildman–Crippen MR) is 139 cm³/mol. The molecular formula is C26H25N7O4S. The maximum atomic E-state index is 13.9. The van der Waals surface area contributed by atoms with E-state index in [1.165, 1.54) is 12.1 Å². The number of aromatic nitrogens is 3. The van der Waals surface area contributed by atoms with Gasteiger partial charge >= 0.3 is 0 Å². The van der Waals surface area contributed by atoms with Gasteiger partial charge in [0, 0.05) is 24.3 Å². The van der Waals surface area contributed by atoms with E-state index >= 15 is 0 Å². The summed E-state index contributed by atoms with van der Waals surface area (Å²) >= 11 is 0. The number of carbonyl (C=O) groups is 1. The summed E-state index contributed by atoms with van der Waals surface area (Å²) < 4.78 is 36.8. The Balaban J connectivity index is 1.33. The van der Waals surface area contributed by atoms with Gasteiger partial charge in [0.25, 0.3) is 5.91 Å². The number of fused-ring (bicyclic) bond motifs is 4. The van der Waals surface area contributed by atoms with E-state index in [0.717, 1.165) is 23.9 Å². The first kappa shape index (κ1) is 23.1. The molecule has 2 aromatic heterocycles. The minimum Gasteiger partial charge on any atom is -0.438 e. The maximum Gasteiger partial charge on any atom is 0.263 e. The number of anilines is 1. The molecule has 7 rings (SSSR count). The molecular weight excluding hydrogens is 506 g/mol. The number of carbonyl (C=O) groups excluding carboxylic acids is 1. The van der Waals surface area contributed by atoms with Gasteiger partial charge in [-0.1, -0.05) is 12.1 Å². The highest BCUT2D eigenvalue weighted by Gasteiger charge is 2.45. The number of oxazole rings is 1. The molecule has 3 aliphatic rings. The zero-order valence-electron chi connectivity index (χ0n) is 20.8. The molecule has 0 saturated heterocycles. The molecule has 0 unspecified atom stereocenters. The number of aliphatic imine (C=N–C) groups is 1. The zero-order chi connectivity index (χ0) is 26.2. The highest BCUT2D eigenvalue weighted by atomic mass is 32.2. The van der Waals surface area contributed by atoms with Gasteiger partial charge in [0.2, 0.25) is 21.9 Å². The van der Waals surface area contributed by atoms with Crippen molar-refractivity contribution in [1.29, 1.82) is 0 Å². The molecule has 1 N–H and O–H groups in total. The Kier molecular flexibility index (Phi) is 4.86. The standard InChI is InChI=1S/C26H25N7O4S/c1-26(9-10-26)30-38(35,36)17-7-8-20-18(11-17)24(34)32(15-16-12-28-31(2)14-16)25-27-13-21(33(20)25)23-29-19-5-3-4-6-22(19)37-23/h3-8,11-12,14,21,30H,9-10,13,15H2,1-2H3/t21-/m0/s1. The number of nitrogens with one attached hydrogen (secondary N) is 1. The number of hydrogen-bond donors (Lipinski definition) is 1. The van der Waals surface area contributed by atoms with Crippen LogP contribution in [-0.4, -0.2) is 52.0 Å². The Morgan fingerprint density at radius 3 is 2.74 bits per heavy atom. The van der Waals surface area contributed by atoms with E-state index in [1.807, 2.05) is 49.3 Å². The number of rotatable bonds is 6. The minimum atomic E-state index is -3.80. The fourth-order valence-electron chi connectivity index (χ4n) is 5.03. The lowest BCUT2D eigenvalue weighted by molar-refractivity contribution is 0.0832. The quantitative estimate of drug-likeness (QED) is 0.405. The molecule has 0 spiro atoms. The van der Waals surface area contributed by atoms with E-state index < -0.39 is 21.6 Å². The molecule has 1 amide bonds. The number of sulfonamides is 1. The van der Waals surface area contributed by atoms with Gasteiger partial charge in [0.15, 0.2) is 5.58 Å². The summed E-state index contributed by atoms with van der Waals surface area (Å²) in [6, 6.07) is 11.8. The average molecular weight is 532 g/mol. The third-order valence-electron chi connectivity index (χ3n) is 7.26. The summed E-state index contributed by atoms with van der Waals surface area (Å²) in [4.78, 5) is 26.8. The zero-order valence-corrected chi connectivity index (χ0v) is 21.6. The van der Waals surface area contributed by atoms with Crippen LogP contribution in [0.25, 0.3) is 11.1 Å². The number of benzene rings is 2. The van der Waals surface area contributed by atoms with Crippen LogP contribution in [0.15, 0.2) is 69.2 Å². The van der Waals surface area contributed by atoms with Crippen LogP contribution in [0.5, 0.6) is 0 Å². The van der Waals surface area contributed by atoms with E-state index in [4.69, 9.17) is 9.41 Å². The fraction of sp³-hybridized carbons (Fsp3) is 0.308. The van der Waals surface area contributed by atoms with Crippen LogP contribution in [0.1, 0.15) is 47.6 Å². The molecule has 4 heterocycles. The monoisotopic (exact) mass is 531 g/mol. The molecule has 0 bridgehead atoms. The molecule has 4 aromatic rings. The molecule has 11 nitrogen and oxygen atoms in total. The number of hydrogen-bond acceptors (Lipinski definition) is 8. The Hall–Kier alpha value is -4.03. The summed E-state index contributed by atoms with van der Waals surface area (Å²) in [5.74, 6) is 0.621. The second kappa shape index (κ2) is 7.98. The van der Waals surface area contributed by atoms with Crippen LogP contribution in [-0.2, 0) is 23.6 Å². The van der Waals surface area contributed by atoms with E-state index in [0.29, 0.717) is 29.7 Å². The van der Waals surface area contributed by atoms with E-state index in [9.17, 15) is 13.2 Å². The van der Waals surface area contributed by atoms with Crippen LogP contribution in [0.3, 0.4) is 0 Å². The number of para-hydroxylation sites is 2. The lowest BCUT2D eigenvalue weighted by Crippen LogP contribution is -2.50. The molecule has 2 aromatic carbocycles. The van der Waals surface area contributed by atoms with Gasteiger partial charge in [0.1, 0.15) is 11.6 Å². The van der Waals surface area contributed by atoms with Crippen LogP contribution in [0.4, 0.5) is 5.69 Å². The molecule has 38 heavy (non-hydrogen) atoms. The smallest absolute Gasteiger partial charge is 0.263 e. The summed E-state index contributed by atoms with van der Waals surface area (Å²) in [5.41, 5.74) is 2.63. The highest BCUT2D eigenvalue weighted by molar-refractivity contribution is 7.89. The van der Waals surface area contributed by atoms with Crippen molar-refractivity contribution >= 4 is 38.7 Å². The Bertz CT molecular complexity index is 1720. The number of guanidine groups is 1. The SMILES string of the molecule is Cn1cc(CN2C(=O)c3cc(S(=O)(=O)NC4(C)CC4)ccc3N3C2=NC[C@H]3c2nc3ccccc3o2)cn1. The van der Waals surface area contributed by atoms with E-state index in [-0.39, 0.29) is 22.9 Å².